The predicted molar refractivity (Wildman–Crippen MR) is 96.1 cm³/mol. The summed E-state index contributed by atoms with van der Waals surface area (Å²) in [4.78, 5) is 33.7. The van der Waals surface area contributed by atoms with E-state index in [2.05, 4.69) is 18.0 Å². The van der Waals surface area contributed by atoms with Crippen molar-refractivity contribution < 1.29 is 9.59 Å². The first kappa shape index (κ1) is 17.1. The first-order valence-corrected chi connectivity index (χ1v) is 8.96. The molecule has 7 heteroatoms. The van der Waals surface area contributed by atoms with Crippen molar-refractivity contribution in [3.05, 3.63) is 28.7 Å². The van der Waals surface area contributed by atoms with E-state index < -0.39 is 0 Å². The van der Waals surface area contributed by atoms with Crippen molar-refractivity contribution in [3.8, 4) is 0 Å². The van der Waals surface area contributed by atoms with Crippen molar-refractivity contribution >= 4 is 28.2 Å². The Balaban J connectivity index is 1.60. The molecule has 2 aliphatic rings. The topological polar surface area (TPSA) is 47.1 Å². The second-order valence-corrected chi connectivity index (χ2v) is 7.79. The van der Waals surface area contributed by atoms with Gasteiger partial charge in [-0.3, -0.25) is 14.5 Å². The van der Waals surface area contributed by atoms with E-state index >= 15 is 0 Å². The molecule has 0 N–H and O–H groups in total. The summed E-state index contributed by atoms with van der Waals surface area (Å²) in [5, 5.41) is 1.02. The van der Waals surface area contributed by atoms with Crippen molar-refractivity contribution in [1.29, 1.82) is 0 Å². The molecule has 0 bridgehead atoms. The van der Waals surface area contributed by atoms with Crippen LogP contribution in [0.5, 0.6) is 0 Å². The Morgan fingerprint density at radius 3 is 2.75 bits per heavy atom. The molecule has 1 fully saturated rings. The van der Waals surface area contributed by atoms with Gasteiger partial charge in [0.15, 0.2) is 0 Å². The first-order valence-electron chi connectivity index (χ1n) is 8.14. The molecule has 3 heterocycles. The highest BCUT2D eigenvalue weighted by atomic mass is 32.1. The number of nitrogens with zero attached hydrogens (tertiary/aromatic N) is 4. The Hall–Kier alpha value is -1.70. The number of likely N-dealkylation sites (N-methyl/N-ethyl adjacent to an activating group) is 1. The lowest BCUT2D eigenvalue weighted by Gasteiger charge is -2.33. The molecule has 0 saturated carbocycles. The molecule has 1 saturated heterocycles. The van der Waals surface area contributed by atoms with E-state index in [9.17, 15) is 9.59 Å². The van der Waals surface area contributed by atoms with Gasteiger partial charge in [0.05, 0.1) is 5.00 Å². The first-order chi connectivity index (χ1) is 11.4. The van der Waals surface area contributed by atoms with Gasteiger partial charge in [0.25, 0.3) is 0 Å². The summed E-state index contributed by atoms with van der Waals surface area (Å²) in [6.07, 6.45) is 3.40. The molecule has 0 aromatic carbocycles. The van der Waals surface area contributed by atoms with E-state index in [1.165, 1.54) is 10.4 Å². The van der Waals surface area contributed by atoms with E-state index in [1.807, 2.05) is 30.0 Å². The maximum absolute atomic E-state index is 12.5. The van der Waals surface area contributed by atoms with Crippen molar-refractivity contribution in [1.82, 2.24) is 14.7 Å². The van der Waals surface area contributed by atoms with Gasteiger partial charge in [-0.15, -0.1) is 11.3 Å². The molecule has 0 radical (unpaired) electrons. The predicted octanol–water partition coefficient (Wildman–Crippen LogP) is 0.986. The number of carbonyl (C=O) groups is 2. The second kappa shape index (κ2) is 7.04. The minimum Gasteiger partial charge on any atom is -0.328 e. The summed E-state index contributed by atoms with van der Waals surface area (Å²) in [6, 6.07) is 2.13. The monoisotopic (exact) mass is 348 g/mol. The zero-order chi connectivity index (χ0) is 17.3. The highest BCUT2D eigenvalue weighted by molar-refractivity contribution is 7.16. The quantitative estimate of drug-likeness (QED) is 0.762. The molecule has 0 unspecified atom stereocenters. The highest BCUT2D eigenvalue weighted by Gasteiger charge is 2.29. The highest BCUT2D eigenvalue weighted by Crippen LogP contribution is 2.36. The van der Waals surface area contributed by atoms with Gasteiger partial charge in [-0.2, -0.15) is 0 Å². The lowest BCUT2D eigenvalue weighted by atomic mass is 10.2. The van der Waals surface area contributed by atoms with Gasteiger partial charge in [-0.1, -0.05) is 6.08 Å². The Kier molecular flexibility index (Phi) is 5.03. The van der Waals surface area contributed by atoms with Crippen LogP contribution in [0.1, 0.15) is 10.4 Å². The summed E-state index contributed by atoms with van der Waals surface area (Å²) in [6.45, 7) is 3.95. The molecule has 2 aliphatic heterocycles. The maximum Gasteiger partial charge on any atom is 0.247 e. The van der Waals surface area contributed by atoms with Crippen molar-refractivity contribution in [2.45, 2.75) is 13.1 Å². The zero-order valence-electron chi connectivity index (χ0n) is 14.5. The molecule has 1 aromatic heterocycles. The number of hydrogen-bond acceptors (Lipinski definition) is 5. The number of rotatable bonds is 4. The van der Waals surface area contributed by atoms with Crippen LogP contribution in [0.15, 0.2) is 18.2 Å². The van der Waals surface area contributed by atoms with Crippen LogP contribution < -0.4 is 4.90 Å². The molecule has 0 spiro atoms. The Bertz CT molecular complexity index is 644. The molecule has 1 aromatic rings. The third-order valence-electron chi connectivity index (χ3n) is 4.27. The molecule has 24 heavy (non-hydrogen) atoms. The van der Waals surface area contributed by atoms with Crippen LogP contribution in [0.2, 0.25) is 0 Å². The zero-order valence-corrected chi connectivity index (χ0v) is 15.3. The smallest absolute Gasteiger partial charge is 0.247 e. The lowest BCUT2D eigenvalue weighted by Crippen LogP contribution is -2.51. The summed E-state index contributed by atoms with van der Waals surface area (Å²) in [5.74, 6) is -0.0796. The van der Waals surface area contributed by atoms with Crippen molar-refractivity contribution in [2.24, 2.45) is 0 Å². The molecule has 6 nitrogen and oxygen atoms in total. The molecule has 3 rings (SSSR count). The van der Waals surface area contributed by atoms with Crippen LogP contribution in [0.4, 0.5) is 5.00 Å². The fraction of sp³-hybridized carbons (Fsp3) is 0.529. The fourth-order valence-electron chi connectivity index (χ4n) is 3.01. The average Bonchev–Trinajstić information content (AvgIpc) is 3.03. The van der Waals surface area contributed by atoms with E-state index in [0.717, 1.165) is 24.6 Å². The van der Waals surface area contributed by atoms with Gasteiger partial charge in [0, 0.05) is 43.7 Å². The minimum absolute atomic E-state index is 0.00360. The van der Waals surface area contributed by atoms with E-state index in [4.69, 9.17) is 0 Å². The Labute approximate surface area is 146 Å². The SMILES string of the molecule is CN(C)C/C=C/C(=O)N1CCN(c2cc3c(s2)CN(C)C3)C(=O)C1. The molecular formula is C17H24N4O2S. The van der Waals surface area contributed by atoms with Crippen molar-refractivity contribution in [3.63, 3.8) is 0 Å². The number of carbonyl (C=O) groups excluding carboxylic acids is 2. The van der Waals surface area contributed by atoms with E-state index in [1.54, 1.807) is 22.3 Å². The standard InChI is InChI=1S/C17H24N4O2S/c1-18(2)6-4-5-15(22)20-7-8-21(16(23)12-20)17-9-13-10-19(3)11-14(13)24-17/h4-5,9H,6-8,10-12H2,1-3H3/b5-4+. The Morgan fingerprint density at radius 2 is 2.08 bits per heavy atom. The number of fused-ring (bicyclic) bond motifs is 1. The molecule has 130 valence electrons. The van der Waals surface area contributed by atoms with Crippen molar-refractivity contribution in [2.75, 3.05) is 52.2 Å². The van der Waals surface area contributed by atoms with Crippen LogP contribution in [0.3, 0.4) is 0 Å². The molecular weight excluding hydrogens is 324 g/mol. The number of hydrogen-bond donors (Lipinski definition) is 0. The van der Waals surface area contributed by atoms with Crippen LogP contribution in [-0.4, -0.2) is 73.8 Å². The molecule has 0 atom stereocenters. The number of anilines is 1. The van der Waals surface area contributed by atoms with Crippen LogP contribution in [-0.2, 0) is 22.7 Å². The summed E-state index contributed by atoms with van der Waals surface area (Å²) >= 11 is 1.70. The average molecular weight is 348 g/mol. The largest absolute Gasteiger partial charge is 0.328 e. The number of piperazine rings is 1. The fourth-order valence-corrected chi connectivity index (χ4v) is 4.30. The van der Waals surface area contributed by atoms with Gasteiger partial charge in [-0.05, 0) is 32.8 Å². The minimum atomic E-state index is -0.0832. The molecule has 2 amide bonds. The normalized spacial score (nSPS) is 18.9. The van der Waals surface area contributed by atoms with Gasteiger partial charge in [0.1, 0.15) is 6.54 Å². The van der Waals surface area contributed by atoms with Gasteiger partial charge in [0.2, 0.25) is 11.8 Å². The van der Waals surface area contributed by atoms with Gasteiger partial charge in [-0.25, -0.2) is 0 Å². The number of amides is 2. The third-order valence-corrected chi connectivity index (χ3v) is 5.45. The van der Waals surface area contributed by atoms with E-state index in [-0.39, 0.29) is 18.4 Å². The summed E-state index contributed by atoms with van der Waals surface area (Å²) < 4.78 is 0. The third kappa shape index (κ3) is 3.68. The van der Waals surface area contributed by atoms with Gasteiger partial charge < -0.3 is 14.7 Å². The summed E-state index contributed by atoms with van der Waals surface area (Å²) in [5.41, 5.74) is 1.33. The summed E-state index contributed by atoms with van der Waals surface area (Å²) in [7, 11) is 6.01. The maximum atomic E-state index is 12.5. The Morgan fingerprint density at radius 1 is 1.29 bits per heavy atom. The van der Waals surface area contributed by atoms with Crippen LogP contribution in [0.25, 0.3) is 0 Å². The lowest BCUT2D eigenvalue weighted by molar-refractivity contribution is -0.133. The second-order valence-electron chi connectivity index (χ2n) is 6.68. The van der Waals surface area contributed by atoms with Crippen LogP contribution in [0, 0.1) is 0 Å². The number of thiophene rings is 1. The molecule has 0 aliphatic carbocycles. The van der Waals surface area contributed by atoms with Gasteiger partial charge >= 0.3 is 0 Å². The van der Waals surface area contributed by atoms with E-state index in [0.29, 0.717) is 13.1 Å². The van der Waals surface area contributed by atoms with Crippen LogP contribution >= 0.6 is 11.3 Å².